The predicted molar refractivity (Wildman–Crippen MR) is 69.1 cm³/mol. The zero-order chi connectivity index (χ0) is 12.4. The van der Waals surface area contributed by atoms with E-state index < -0.39 is 0 Å². The van der Waals surface area contributed by atoms with Crippen LogP contribution in [0.1, 0.15) is 20.4 Å². The summed E-state index contributed by atoms with van der Waals surface area (Å²) in [6, 6.07) is 3.36. The molecule has 6 heteroatoms. The number of nitrogens with zero attached hydrogens (tertiary/aromatic N) is 2. The molecule has 1 amide bonds. The van der Waals surface area contributed by atoms with Gasteiger partial charge in [0.1, 0.15) is 0 Å². The van der Waals surface area contributed by atoms with Crippen molar-refractivity contribution in [2.75, 3.05) is 7.05 Å². The van der Waals surface area contributed by atoms with Crippen molar-refractivity contribution in [1.82, 2.24) is 9.88 Å². The van der Waals surface area contributed by atoms with Crippen LogP contribution in [-0.2, 0) is 6.54 Å². The number of thiazole rings is 1. The predicted octanol–water partition coefficient (Wildman–Crippen LogP) is 3.08. The fraction of sp³-hybridized carbons (Fsp3) is 0.273. The maximum absolute atomic E-state index is 12.0. The number of aromatic nitrogens is 1. The molecular weight excluding hydrogens is 304 g/mol. The summed E-state index contributed by atoms with van der Waals surface area (Å²) in [4.78, 5) is 18.8. The molecule has 2 aromatic heterocycles. The number of hydrogen-bond acceptors (Lipinski definition) is 4. The van der Waals surface area contributed by atoms with Crippen molar-refractivity contribution in [3.63, 3.8) is 0 Å². The van der Waals surface area contributed by atoms with Crippen molar-refractivity contribution in [3.05, 3.63) is 38.6 Å². The molecule has 0 saturated heterocycles. The standard InChI is InChI=1S/C11H11BrN2O2S/c1-7-13-5-8(17-7)6-14(2)11(15)9-3-4-10(12)16-9/h3-5H,6H2,1-2H3. The van der Waals surface area contributed by atoms with Crippen LogP contribution in [0.3, 0.4) is 0 Å². The number of carbonyl (C=O) groups excluding carboxylic acids is 1. The Labute approximate surface area is 111 Å². The molecule has 0 radical (unpaired) electrons. The maximum atomic E-state index is 12.0. The first-order valence-electron chi connectivity index (χ1n) is 4.98. The zero-order valence-corrected chi connectivity index (χ0v) is 11.8. The smallest absolute Gasteiger partial charge is 0.289 e. The molecule has 90 valence electrons. The van der Waals surface area contributed by atoms with Crippen molar-refractivity contribution in [1.29, 1.82) is 0 Å². The average Bonchev–Trinajstić information content (AvgIpc) is 2.87. The summed E-state index contributed by atoms with van der Waals surface area (Å²) in [5.74, 6) is 0.197. The molecule has 0 unspecified atom stereocenters. The fourth-order valence-corrected chi connectivity index (χ4v) is 2.56. The molecule has 0 spiro atoms. The Morgan fingerprint density at radius 3 is 2.88 bits per heavy atom. The molecule has 0 aliphatic rings. The summed E-state index contributed by atoms with van der Waals surface area (Å²) in [5.41, 5.74) is 0. The van der Waals surface area contributed by atoms with Crippen LogP contribution in [-0.4, -0.2) is 22.8 Å². The largest absolute Gasteiger partial charge is 0.444 e. The molecule has 0 aromatic carbocycles. The Bertz CT molecular complexity index is 535. The topological polar surface area (TPSA) is 46.3 Å². The third-order valence-corrected chi connectivity index (χ3v) is 3.52. The lowest BCUT2D eigenvalue weighted by Gasteiger charge is -2.13. The molecule has 0 atom stereocenters. The van der Waals surface area contributed by atoms with E-state index in [9.17, 15) is 4.79 Å². The Hall–Kier alpha value is -1.14. The molecule has 2 aromatic rings. The van der Waals surface area contributed by atoms with Crippen LogP contribution in [0.5, 0.6) is 0 Å². The van der Waals surface area contributed by atoms with Crippen LogP contribution in [0.15, 0.2) is 27.4 Å². The normalized spacial score (nSPS) is 10.5. The fourth-order valence-electron chi connectivity index (χ4n) is 1.40. The van der Waals surface area contributed by atoms with Gasteiger partial charge in [-0.1, -0.05) is 0 Å². The summed E-state index contributed by atoms with van der Waals surface area (Å²) in [7, 11) is 1.74. The van der Waals surface area contributed by atoms with Crippen molar-refractivity contribution >= 4 is 33.2 Å². The molecule has 0 N–H and O–H groups in total. The van der Waals surface area contributed by atoms with Gasteiger partial charge in [0, 0.05) is 18.1 Å². The Morgan fingerprint density at radius 2 is 2.35 bits per heavy atom. The number of furan rings is 1. The average molecular weight is 315 g/mol. The number of rotatable bonds is 3. The first-order chi connectivity index (χ1) is 8.06. The van der Waals surface area contributed by atoms with Gasteiger partial charge in [-0.15, -0.1) is 11.3 Å². The van der Waals surface area contributed by atoms with Gasteiger partial charge in [-0.05, 0) is 35.0 Å². The van der Waals surface area contributed by atoms with E-state index in [-0.39, 0.29) is 5.91 Å². The van der Waals surface area contributed by atoms with E-state index in [2.05, 4.69) is 20.9 Å². The Morgan fingerprint density at radius 1 is 1.59 bits per heavy atom. The second-order valence-electron chi connectivity index (χ2n) is 3.61. The van der Waals surface area contributed by atoms with E-state index in [0.29, 0.717) is 17.0 Å². The van der Waals surface area contributed by atoms with Crippen molar-refractivity contribution < 1.29 is 9.21 Å². The molecule has 2 heterocycles. The van der Waals surface area contributed by atoms with Crippen molar-refractivity contribution in [2.45, 2.75) is 13.5 Å². The third-order valence-electron chi connectivity index (χ3n) is 2.19. The van der Waals surface area contributed by atoms with Crippen molar-refractivity contribution in [3.8, 4) is 0 Å². The van der Waals surface area contributed by atoms with Crippen LogP contribution in [0.4, 0.5) is 0 Å². The summed E-state index contributed by atoms with van der Waals surface area (Å²) >= 11 is 4.76. The lowest BCUT2D eigenvalue weighted by atomic mass is 10.4. The lowest BCUT2D eigenvalue weighted by molar-refractivity contribution is 0.0753. The van der Waals surface area contributed by atoms with Gasteiger partial charge in [0.25, 0.3) is 5.91 Å². The number of aryl methyl sites for hydroxylation is 1. The van der Waals surface area contributed by atoms with E-state index >= 15 is 0 Å². The van der Waals surface area contributed by atoms with Crippen LogP contribution < -0.4 is 0 Å². The summed E-state index contributed by atoms with van der Waals surface area (Å²) in [6.45, 7) is 2.49. The van der Waals surface area contributed by atoms with Crippen LogP contribution in [0, 0.1) is 6.92 Å². The monoisotopic (exact) mass is 314 g/mol. The molecular formula is C11H11BrN2O2S. The van der Waals surface area contributed by atoms with Crippen LogP contribution in [0.2, 0.25) is 0 Å². The molecule has 0 bridgehead atoms. The van der Waals surface area contributed by atoms with Gasteiger partial charge < -0.3 is 9.32 Å². The molecule has 0 saturated carbocycles. The van der Waals surface area contributed by atoms with Gasteiger partial charge in [0.15, 0.2) is 10.4 Å². The van der Waals surface area contributed by atoms with Gasteiger partial charge >= 0.3 is 0 Å². The highest BCUT2D eigenvalue weighted by Gasteiger charge is 2.16. The summed E-state index contributed by atoms with van der Waals surface area (Å²) in [5, 5.41) is 1.00. The third kappa shape index (κ3) is 2.95. The van der Waals surface area contributed by atoms with Crippen molar-refractivity contribution in [2.24, 2.45) is 0 Å². The molecule has 0 aliphatic carbocycles. The summed E-state index contributed by atoms with van der Waals surface area (Å²) < 4.78 is 5.78. The minimum Gasteiger partial charge on any atom is -0.444 e. The first kappa shape index (κ1) is 12.3. The van der Waals surface area contributed by atoms with E-state index in [4.69, 9.17) is 4.42 Å². The van der Waals surface area contributed by atoms with Gasteiger partial charge in [-0.2, -0.15) is 0 Å². The Kier molecular flexibility index (Phi) is 3.63. The molecule has 0 fully saturated rings. The molecule has 4 nitrogen and oxygen atoms in total. The van der Waals surface area contributed by atoms with Gasteiger partial charge in [-0.3, -0.25) is 4.79 Å². The highest BCUT2D eigenvalue weighted by molar-refractivity contribution is 9.10. The number of hydrogen-bond donors (Lipinski definition) is 0. The van der Waals surface area contributed by atoms with Gasteiger partial charge in [0.2, 0.25) is 0 Å². The number of carbonyl (C=O) groups is 1. The summed E-state index contributed by atoms with van der Waals surface area (Å²) in [6.07, 6.45) is 1.79. The van der Waals surface area contributed by atoms with Crippen LogP contribution in [0.25, 0.3) is 0 Å². The molecule has 0 aliphatic heterocycles. The van der Waals surface area contributed by atoms with E-state index in [1.807, 2.05) is 6.92 Å². The second-order valence-corrected chi connectivity index (χ2v) is 5.71. The molecule has 2 rings (SSSR count). The second kappa shape index (κ2) is 5.01. The minimum absolute atomic E-state index is 0.137. The minimum atomic E-state index is -0.137. The van der Waals surface area contributed by atoms with E-state index in [1.165, 1.54) is 0 Å². The number of halogens is 1. The van der Waals surface area contributed by atoms with Gasteiger partial charge in [-0.25, -0.2) is 4.98 Å². The lowest BCUT2D eigenvalue weighted by Crippen LogP contribution is -2.25. The quantitative estimate of drug-likeness (QED) is 0.874. The SMILES string of the molecule is Cc1ncc(CN(C)C(=O)c2ccc(Br)o2)s1. The highest BCUT2D eigenvalue weighted by atomic mass is 79.9. The van der Waals surface area contributed by atoms with Crippen LogP contribution >= 0.6 is 27.3 Å². The maximum Gasteiger partial charge on any atom is 0.289 e. The van der Waals surface area contributed by atoms with Gasteiger partial charge in [0.05, 0.1) is 11.6 Å². The Balaban J connectivity index is 2.05. The highest BCUT2D eigenvalue weighted by Crippen LogP contribution is 2.18. The molecule has 17 heavy (non-hydrogen) atoms. The number of amides is 1. The van der Waals surface area contributed by atoms with E-state index in [1.54, 1.807) is 41.6 Å². The zero-order valence-electron chi connectivity index (χ0n) is 9.44. The van der Waals surface area contributed by atoms with E-state index in [0.717, 1.165) is 9.88 Å². The first-order valence-corrected chi connectivity index (χ1v) is 6.59.